The third-order valence-corrected chi connectivity index (χ3v) is 3.04. The number of hydrogen-bond donors (Lipinski definition) is 1. The van der Waals surface area contributed by atoms with Crippen molar-refractivity contribution in [3.8, 4) is 5.75 Å². The second kappa shape index (κ2) is 5.14. The molecule has 0 aliphatic carbocycles. The number of halogens is 1. The van der Waals surface area contributed by atoms with Crippen molar-refractivity contribution < 1.29 is 19.0 Å². The quantitative estimate of drug-likeness (QED) is 0.925. The summed E-state index contributed by atoms with van der Waals surface area (Å²) in [7, 11) is 0. The average molecular weight is 267 g/mol. The van der Waals surface area contributed by atoms with Crippen LogP contribution in [0.25, 0.3) is 0 Å². The van der Waals surface area contributed by atoms with Crippen LogP contribution >= 0.6 is 11.3 Å². The zero-order valence-electron chi connectivity index (χ0n) is 9.51. The van der Waals surface area contributed by atoms with Crippen molar-refractivity contribution in [2.45, 2.75) is 13.5 Å². The first kappa shape index (κ1) is 12.5. The van der Waals surface area contributed by atoms with Gasteiger partial charge in [-0.05, 0) is 25.1 Å². The summed E-state index contributed by atoms with van der Waals surface area (Å²) in [6, 6.07) is 3.40. The van der Waals surface area contributed by atoms with Crippen LogP contribution in [0, 0.1) is 12.7 Å². The van der Waals surface area contributed by atoms with Crippen LogP contribution in [0.2, 0.25) is 0 Å². The van der Waals surface area contributed by atoms with Crippen molar-refractivity contribution in [2.75, 3.05) is 0 Å². The summed E-state index contributed by atoms with van der Waals surface area (Å²) in [4.78, 5) is 15.1. The lowest BCUT2D eigenvalue weighted by Gasteiger charge is -2.07. The van der Waals surface area contributed by atoms with Crippen LogP contribution in [0.5, 0.6) is 5.75 Å². The van der Waals surface area contributed by atoms with Crippen molar-refractivity contribution in [3.05, 3.63) is 45.7 Å². The normalized spacial score (nSPS) is 10.3. The highest BCUT2D eigenvalue weighted by Crippen LogP contribution is 2.21. The molecule has 0 saturated heterocycles. The standard InChI is InChI=1S/C12H10FNO3S/c1-7-14-9(6-18-7)5-17-11-3-2-8(13)4-10(11)12(15)16/h2-4,6H,5H2,1H3,(H,15,16). The van der Waals surface area contributed by atoms with Gasteiger partial charge in [0.05, 0.1) is 10.7 Å². The number of aromatic carboxylic acids is 1. The van der Waals surface area contributed by atoms with E-state index in [4.69, 9.17) is 9.84 Å². The van der Waals surface area contributed by atoms with Crippen LogP contribution in [-0.2, 0) is 6.61 Å². The van der Waals surface area contributed by atoms with Crippen molar-refractivity contribution in [2.24, 2.45) is 0 Å². The first-order chi connectivity index (χ1) is 8.56. The predicted octanol–water partition coefficient (Wildman–Crippen LogP) is 2.87. The van der Waals surface area contributed by atoms with E-state index in [2.05, 4.69) is 4.98 Å². The molecular weight excluding hydrogens is 257 g/mol. The van der Waals surface area contributed by atoms with E-state index in [-0.39, 0.29) is 17.9 Å². The Labute approximate surface area is 107 Å². The third kappa shape index (κ3) is 2.84. The van der Waals surface area contributed by atoms with E-state index in [1.54, 1.807) is 0 Å². The highest BCUT2D eigenvalue weighted by atomic mass is 32.1. The van der Waals surface area contributed by atoms with Gasteiger partial charge in [-0.1, -0.05) is 0 Å². The second-order valence-corrected chi connectivity index (χ2v) is 4.65. The molecule has 6 heteroatoms. The van der Waals surface area contributed by atoms with Crippen LogP contribution in [0.3, 0.4) is 0 Å². The first-order valence-electron chi connectivity index (χ1n) is 5.13. The van der Waals surface area contributed by atoms with E-state index in [0.717, 1.165) is 22.8 Å². The number of nitrogens with zero attached hydrogens (tertiary/aromatic N) is 1. The maximum Gasteiger partial charge on any atom is 0.339 e. The number of carbonyl (C=O) groups is 1. The lowest BCUT2D eigenvalue weighted by molar-refractivity contribution is 0.0691. The molecule has 4 nitrogen and oxygen atoms in total. The van der Waals surface area contributed by atoms with Crippen molar-refractivity contribution in [1.29, 1.82) is 0 Å². The molecule has 0 saturated carbocycles. The third-order valence-electron chi connectivity index (χ3n) is 2.21. The molecule has 1 aromatic heterocycles. The molecule has 0 aliphatic rings. The lowest BCUT2D eigenvalue weighted by Crippen LogP contribution is -2.04. The van der Waals surface area contributed by atoms with Gasteiger partial charge in [0.15, 0.2) is 0 Å². The second-order valence-electron chi connectivity index (χ2n) is 3.59. The zero-order chi connectivity index (χ0) is 13.1. The van der Waals surface area contributed by atoms with Crippen LogP contribution in [0.4, 0.5) is 4.39 Å². The Balaban J connectivity index is 2.16. The van der Waals surface area contributed by atoms with Crippen LogP contribution in [0.15, 0.2) is 23.6 Å². The highest BCUT2D eigenvalue weighted by molar-refractivity contribution is 7.09. The molecule has 0 fully saturated rings. The van der Waals surface area contributed by atoms with Crippen molar-refractivity contribution >= 4 is 17.3 Å². The molecule has 0 atom stereocenters. The molecule has 1 N–H and O–H groups in total. The molecule has 1 aromatic carbocycles. The van der Waals surface area contributed by atoms with E-state index < -0.39 is 11.8 Å². The number of thiazole rings is 1. The van der Waals surface area contributed by atoms with Crippen LogP contribution in [-0.4, -0.2) is 16.1 Å². The topological polar surface area (TPSA) is 59.4 Å². The number of aromatic nitrogens is 1. The van der Waals surface area contributed by atoms with E-state index >= 15 is 0 Å². The highest BCUT2D eigenvalue weighted by Gasteiger charge is 2.13. The van der Waals surface area contributed by atoms with Crippen molar-refractivity contribution in [1.82, 2.24) is 4.98 Å². The molecule has 0 amide bonds. The Bertz CT molecular complexity index is 582. The minimum atomic E-state index is -1.22. The Morgan fingerprint density at radius 1 is 1.56 bits per heavy atom. The number of ether oxygens (including phenoxy) is 1. The summed E-state index contributed by atoms with van der Waals surface area (Å²) in [5, 5.41) is 11.7. The molecule has 0 spiro atoms. The molecule has 0 bridgehead atoms. The minimum absolute atomic E-state index is 0.134. The molecular formula is C12H10FNO3S. The van der Waals surface area contributed by atoms with Gasteiger partial charge in [0.2, 0.25) is 0 Å². The smallest absolute Gasteiger partial charge is 0.339 e. The number of hydrogen-bond acceptors (Lipinski definition) is 4. The van der Waals surface area contributed by atoms with Gasteiger partial charge in [-0.3, -0.25) is 0 Å². The van der Waals surface area contributed by atoms with Gasteiger partial charge in [-0.15, -0.1) is 11.3 Å². The number of carboxylic acids is 1. The fourth-order valence-corrected chi connectivity index (χ4v) is 2.02. The molecule has 0 aliphatic heterocycles. The molecule has 18 heavy (non-hydrogen) atoms. The number of rotatable bonds is 4. The van der Waals surface area contributed by atoms with Gasteiger partial charge in [0.1, 0.15) is 23.7 Å². The van der Waals surface area contributed by atoms with Crippen LogP contribution in [0.1, 0.15) is 21.1 Å². The summed E-state index contributed by atoms with van der Waals surface area (Å²) in [6.07, 6.45) is 0. The van der Waals surface area contributed by atoms with Gasteiger partial charge in [-0.2, -0.15) is 0 Å². The summed E-state index contributed by atoms with van der Waals surface area (Å²) in [5.41, 5.74) is 0.528. The summed E-state index contributed by atoms with van der Waals surface area (Å²) in [6.45, 7) is 2.03. The Morgan fingerprint density at radius 3 is 2.94 bits per heavy atom. The Kier molecular flexibility index (Phi) is 3.57. The van der Waals surface area contributed by atoms with E-state index in [1.807, 2.05) is 12.3 Å². The van der Waals surface area contributed by atoms with Crippen LogP contribution < -0.4 is 4.74 Å². The average Bonchev–Trinajstić information content (AvgIpc) is 2.73. The number of benzene rings is 1. The largest absolute Gasteiger partial charge is 0.486 e. The Morgan fingerprint density at radius 2 is 2.33 bits per heavy atom. The van der Waals surface area contributed by atoms with Crippen molar-refractivity contribution in [3.63, 3.8) is 0 Å². The molecule has 1 heterocycles. The lowest BCUT2D eigenvalue weighted by atomic mass is 10.2. The maximum absolute atomic E-state index is 12.9. The summed E-state index contributed by atoms with van der Waals surface area (Å²) in [5.74, 6) is -1.70. The number of aryl methyl sites for hydroxylation is 1. The monoisotopic (exact) mass is 267 g/mol. The maximum atomic E-state index is 12.9. The number of carboxylic acid groups (broad SMARTS) is 1. The fraction of sp³-hybridized carbons (Fsp3) is 0.167. The van der Waals surface area contributed by atoms with Gasteiger partial charge in [-0.25, -0.2) is 14.2 Å². The van der Waals surface area contributed by atoms with Gasteiger partial charge in [0.25, 0.3) is 0 Å². The molecule has 0 unspecified atom stereocenters. The molecule has 94 valence electrons. The fourth-order valence-electron chi connectivity index (χ4n) is 1.42. The predicted molar refractivity (Wildman–Crippen MR) is 64.5 cm³/mol. The SMILES string of the molecule is Cc1nc(COc2ccc(F)cc2C(=O)O)cs1. The van der Waals surface area contributed by atoms with E-state index in [1.165, 1.54) is 17.4 Å². The molecule has 0 radical (unpaired) electrons. The van der Waals surface area contributed by atoms with Gasteiger partial charge >= 0.3 is 5.97 Å². The molecule has 2 aromatic rings. The van der Waals surface area contributed by atoms with E-state index in [9.17, 15) is 9.18 Å². The first-order valence-corrected chi connectivity index (χ1v) is 6.01. The molecule has 2 rings (SSSR count). The summed E-state index contributed by atoms with van der Waals surface area (Å²) < 4.78 is 18.3. The van der Waals surface area contributed by atoms with Gasteiger partial charge < -0.3 is 9.84 Å². The minimum Gasteiger partial charge on any atom is -0.486 e. The summed E-state index contributed by atoms with van der Waals surface area (Å²) >= 11 is 1.49. The Hall–Kier alpha value is -1.95. The van der Waals surface area contributed by atoms with E-state index in [0.29, 0.717) is 0 Å². The van der Waals surface area contributed by atoms with Gasteiger partial charge in [0, 0.05) is 5.38 Å². The zero-order valence-corrected chi connectivity index (χ0v) is 10.3.